The average molecular weight is 528 g/mol. The summed E-state index contributed by atoms with van der Waals surface area (Å²) in [6.07, 6.45) is 3.58. The van der Waals surface area contributed by atoms with Crippen LogP contribution in [0.2, 0.25) is 0 Å². The Morgan fingerprint density at radius 3 is 2.56 bits per heavy atom. The smallest absolute Gasteiger partial charge is 0.227 e. The Morgan fingerprint density at radius 1 is 0.923 bits per heavy atom. The quantitative estimate of drug-likeness (QED) is 0.444. The highest BCUT2D eigenvalue weighted by Crippen LogP contribution is 2.30. The summed E-state index contributed by atoms with van der Waals surface area (Å²) in [5.74, 6) is 0.851. The molecule has 39 heavy (non-hydrogen) atoms. The fourth-order valence-corrected chi connectivity index (χ4v) is 5.65. The van der Waals surface area contributed by atoms with Gasteiger partial charge >= 0.3 is 0 Å². The number of nitrogens with zero attached hydrogens (tertiary/aromatic N) is 4. The Morgan fingerprint density at radius 2 is 1.74 bits per heavy atom. The van der Waals surface area contributed by atoms with Crippen LogP contribution < -0.4 is 20.9 Å². The van der Waals surface area contributed by atoms with Crippen molar-refractivity contribution in [2.45, 2.75) is 25.9 Å². The van der Waals surface area contributed by atoms with Crippen molar-refractivity contribution in [3.63, 3.8) is 0 Å². The van der Waals surface area contributed by atoms with E-state index in [2.05, 4.69) is 73.2 Å². The van der Waals surface area contributed by atoms with Gasteiger partial charge in [-0.1, -0.05) is 24.3 Å². The van der Waals surface area contributed by atoms with E-state index in [1.807, 2.05) is 6.07 Å². The van der Waals surface area contributed by atoms with Crippen molar-refractivity contribution in [3.8, 4) is 11.3 Å². The summed E-state index contributed by atoms with van der Waals surface area (Å²) in [4.78, 5) is 27.0. The zero-order valence-electron chi connectivity index (χ0n) is 22.4. The Bertz CT molecular complexity index is 1270. The average Bonchev–Trinajstić information content (AvgIpc) is 2.98. The molecule has 1 aromatic heterocycles. The fourth-order valence-electron chi connectivity index (χ4n) is 5.65. The number of benzene rings is 2. The van der Waals surface area contributed by atoms with Crippen molar-refractivity contribution in [2.75, 3.05) is 62.7 Å². The molecule has 0 unspecified atom stereocenters. The Labute approximate surface area is 230 Å². The van der Waals surface area contributed by atoms with Gasteiger partial charge < -0.3 is 25.6 Å². The Balaban J connectivity index is 1.29. The first-order valence-corrected chi connectivity index (χ1v) is 14.1. The molecule has 3 N–H and O–H groups in total. The second-order valence-electron chi connectivity index (χ2n) is 10.5. The van der Waals surface area contributed by atoms with Gasteiger partial charge in [0, 0.05) is 68.3 Å². The lowest BCUT2D eigenvalue weighted by Gasteiger charge is -2.34. The van der Waals surface area contributed by atoms with Gasteiger partial charge in [0.05, 0.1) is 18.9 Å². The van der Waals surface area contributed by atoms with Crippen LogP contribution in [-0.4, -0.2) is 73.3 Å². The number of rotatable bonds is 1. The molecule has 9 heteroatoms. The van der Waals surface area contributed by atoms with Gasteiger partial charge in [-0.05, 0) is 61.3 Å². The van der Waals surface area contributed by atoms with Gasteiger partial charge in [0.1, 0.15) is 0 Å². The molecule has 6 aliphatic rings. The van der Waals surface area contributed by atoms with Crippen molar-refractivity contribution >= 4 is 23.2 Å². The second kappa shape index (κ2) is 12.1. The predicted molar refractivity (Wildman–Crippen MR) is 153 cm³/mol. The molecular formula is C30H37N7O2. The summed E-state index contributed by atoms with van der Waals surface area (Å²) in [5, 5.41) is 10.0. The predicted octanol–water partition coefficient (Wildman–Crippen LogP) is 3.16. The SMILES string of the molecule is O=C1NCCNCc2ccc(cc2)-c2ccnc(n2)Nc2ccc(N3CCOCC3)c(c2)CN2CCC1CC2. The molecule has 9 rings (SSSR count). The third kappa shape index (κ3) is 6.38. The number of piperidine rings is 1. The molecule has 0 spiro atoms. The monoisotopic (exact) mass is 527 g/mol. The second-order valence-corrected chi connectivity index (χ2v) is 10.5. The zero-order chi connectivity index (χ0) is 26.4. The van der Waals surface area contributed by atoms with Crippen LogP contribution >= 0.6 is 0 Å². The summed E-state index contributed by atoms with van der Waals surface area (Å²) in [6.45, 7) is 8.09. The lowest BCUT2D eigenvalue weighted by atomic mass is 9.95. The molecular weight excluding hydrogens is 490 g/mol. The number of hydrogen-bond acceptors (Lipinski definition) is 8. The number of ether oxygens (including phenoxy) is 1. The van der Waals surface area contributed by atoms with Gasteiger partial charge in [0.15, 0.2) is 0 Å². The topological polar surface area (TPSA) is 94.6 Å². The first-order valence-electron chi connectivity index (χ1n) is 14.1. The lowest BCUT2D eigenvalue weighted by molar-refractivity contribution is -0.126. The van der Waals surface area contributed by atoms with Crippen LogP contribution in [0.1, 0.15) is 24.0 Å². The van der Waals surface area contributed by atoms with Crippen LogP contribution in [0.3, 0.4) is 0 Å². The summed E-state index contributed by atoms with van der Waals surface area (Å²) in [7, 11) is 0. The first-order chi connectivity index (χ1) is 19.2. The standard InChI is InChI=1S/C30H37N7O2/c38-29-24-8-13-36(14-9-24)21-25-19-26(5-6-28(25)37-15-17-39-18-16-37)34-30-33-10-7-27(35-30)23-3-1-22(2-4-23)20-31-11-12-32-29/h1-7,10,19,24,31H,8-9,11-18,20-21H2,(H,32,38)(H,33,34,35). The van der Waals surface area contributed by atoms with Gasteiger partial charge in [-0.15, -0.1) is 0 Å². The van der Waals surface area contributed by atoms with Crippen molar-refractivity contribution in [1.82, 2.24) is 25.5 Å². The van der Waals surface area contributed by atoms with Crippen molar-refractivity contribution in [1.29, 1.82) is 0 Å². The highest BCUT2D eigenvalue weighted by atomic mass is 16.5. The van der Waals surface area contributed by atoms with Crippen molar-refractivity contribution in [3.05, 3.63) is 65.9 Å². The van der Waals surface area contributed by atoms with E-state index in [4.69, 9.17) is 9.72 Å². The third-order valence-electron chi connectivity index (χ3n) is 7.88. The molecule has 8 bridgehead atoms. The van der Waals surface area contributed by atoms with Crippen molar-refractivity contribution < 1.29 is 9.53 Å². The maximum Gasteiger partial charge on any atom is 0.227 e. The van der Waals surface area contributed by atoms with Gasteiger partial charge in [-0.25, -0.2) is 9.97 Å². The Kier molecular flexibility index (Phi) is 7.99. The van der Waals surface area contributed by atoms with Crippen LogP contribution in [-0.2, 0) is 22.6 Å². The highest BCUT2D eigenvalue weighted by Gasteiger charge is 2.26. The van der Waals surface area contributed by atoms with E-state index >= 15 is 0 Å². The molecule has 9 nitrogen and oxygen atoms in total. The van der Waals surface area contributed by atoms with Crippen LogP contribution in [0, 0.1) is 5.92 Å². The zero-order valence-corrected chi connectivity index (χ0v) is 22.4. The first kappa shape index (κ1) is 25.7. The molecule has 6 aliphatic heterocycles. The molecule has 7 heterocycles. The molecule has 2 saturated heterocycles. The molecule has 2 aromatic carbocycles. The van der Waals surface area contributed by atoms with Gasteiger partial charge in [-0.2, -0.15) is 0 Å². The summed E-state index contributed by atoms with van der Waals surface area (Å²) in [6, 6.07) is 16.9. The molecule has 1 amide bonds. The number of carbonyl (C=O) groups is 1. The molecule has 204 valence electrons. The maximum atomic E-state index is 12.8. The van der Waals surface area contributed by atoms with E-state index in [0.29, 0.717) is 12.5 Å². The number of morpholine rings is 1. The number of aromatic nitrogens is 2. The van der Waals surface area contributed by atoms with E-state index in [9.17, 15) is 4.79 Å². The van der Waals surface area contributed by atoms with Gasteiger partial charge in [-0.3, -0.25) is 9.69 Å². The molecule has 0 aliphatic carbocycles. The minimum Gasteiger partial charge on any atom is -0.378 e. The van der Waals surface area contributed by atoms with Gasteiger partial charge in [0.25, 0.3) is 0 Å². The maximum absolute atomic E-state index is 12.8. The summed E-state index contributed by atoms with van der Waals surface area (Å²) < 4.78 is 5.61. The van der Waals surface area contributed by atoms with Crippen LogP contribution in [0.25, 0.3) is 11.3 Å². The van der Waals surface area contributed by atoms with E-state index in [-0.39, 0.29) is 11.8 Å². The highest BCUT2D eigenvalue weighted by molar-refractivity contribution is 5.78. The largest absolute Gasteiger partial charge is 0.378 e. The van der Waals surface area contributed by atoms with Crippen molar-refractivity contribution in [2.24, 2.45) is 5.92 Å². The molecule has 0 saturated carbocycles. The normalized spacial score (nSPS) is 22.4. The number of amides is 1. The van der Waals surface area contributed by atoms with E-state index in [1.165, 1.54) is 16.8 Å². The van der Waals surface area contributed by atoms with Gasteiger partial charge in [0.2, 0.25) is 11.9 Å². The number of nitrogens with one attached hydrogen (secondary N) is 3. The van der Waals surface area contributed by atoms with Crippen LogP contribution in [0.15, 0.2) is 54.7 Å². The molecule has 0 radical (unpaired) electrons. The van der Waals surface area contributed by atoms with E-state index in [1.54, 1.807) is 6.20 Å². The number of anilines is 3. The molecule has 2 fully saturated rings. The molecule has 3 aromatic rings. The fraction of sp³-hybridized carbons (Fsp3) is 0.433. The Hall–Kier alpha value is -3.53. The summed E-state index contributed by atoms with van der Waals surface area (Å²) in [5.41, 5.74) is 6.61. The minimum absolute atomic E-state index is 0.0859. The van der Waals surface area contributed by atoms with Crippen LogP contribution in [0.5, 0.6) is 0 Å². The summed E-state index contributed by atoms with van der Waals surface area (Å²) >= 11 is 0. The minimum atomic E-state index is 0.0859. The van der Waals surface area contributed by atoms with E-state index in [0.717, 1.165) is 88.8 Å². The number of hydrogen-bond donors (Lipinski definition) is 3. The number of carbonyl (C=O) groups excluding carboxylic acids is 1. The lowest BCUT2D eigenvalue weighted by Crippen LogP contribution is -2.42. The third-order valence-corrected chi connectivity index (χ3v) is 7.88. The van der Waals surface area contributed by atoms with E-state index < -0.39 is 0 Å². The molecule has 0 atom stereocenters. The van der Waals surface area contributed by atoms with Crippen LogP contribution in [0.4, 0.5) is 17.3 Å².